The second-order valence-electron chi connectivity index (χ2n) is 5.19. The summed E-state index contributed by atoms with van der Waals surface area (Å²) in [5.41, 5.74) is 0.743. The molecule has 4 nitrogen and oxygen atoms in total. The normalized spacial score (nSPS) is 16.5. The van der Waals surface area contributed by atoms with Crippen molar-refractivity contribution in [3.05, 3.63) is 29.8 Å². The lowest BCUT2D eigenvalue weighted by Crippen LogP contribution is -2.56. The van der Waals surface area contributed by atoms with E-state index < -0.39 is 0 Å². The SMILES string of the molecule is COc1cccc(CCC(=O)NC2(CO)CCC2)c1. The molecule has 0 heterocycles. The molecule has 4 heteroatoms. The van der Waals surface area contributed by atoms with E-state index in [0.717, 1.165) is 30.6 Å². The van der Waals surface area contributed by atoms with Crippen LogP contribution in [0.3, 0.4) is 0 Å². The molecule has 104 valence electrons. The highest BCUT2D eigenvalue weighted by Gasteiger charge is 2.37. The number of methoxy groups -OCH3 is 1. The predicted molar refractivity (Wildman–Crippen MR) is 73.1 cm³/mol. The fraction of sp³-hybridized carbons (Fsp3) is 0.533. The minimum Gasteiger partial charge on any atom is -0.497 e. The van der Waals surface area contributed by atoms with Crippen LogP contribution in [-0.2, 0) is 11.2 Å². The molecule has 0 atom stereocenters. The van der Waals surface area contributed by atoms with Crippen molar-refractivity contribution in [2.24, 2.45) is 0 Å². The van der Waals surface area contributed by atoms with Crippen molar-refractivity contribution in [3.8, 4) is 5.75 Å². The number of hydrogen-bond acceptors (Lipinski definition) is 3. The molecule has 0 saturated heterocycles. The minimum absolute atomic E-state index is 0.0107. The van der Waals surface area contributed by atoms with Crippen LogP contribution in [-0.4, -0.2) is 30.3 Å². The van der Waals surface area contributed by atoms with Gasteiger partial charge in [0.15, 0.2) is 0 Å². The molecule has 2 rings (SSSR count). The zero-order valence-electron chi connectivity index (χ0n) is 11.3. The molecule has 1 aliphatic carbocycles. The lowest BCUT2D eigenvalue weighted by atomic mass is 9.77. The van der Waals surface area contributed by atoms with E-state index in [1.807, 2.05) is 24.3 Å². The third kappa shape index (κ3) is 3.47. The van der Waals surface area contributed by atoms with Crippen LogP contribution in [0.5, 0.6) is 5.75 Å². The van der Waals surface area contributed by atoms with Crippen LogP contribution in [0.4, 0.5) is 0 Å². The maximum absolute atomic E-state index is 11.9. The third-order valence-corrected chi connectivity index (χ3v) is 3.79. The molecular formula is C15H21NO3. The summed E-state index contributed by atoms with van der Waals surface area (Å²) in [6.45, 7) is 0.0396. The Balaban J connectivity index is 1.82. The largest absolute Gasteiger partial charge is 0.497 e. The Bertz CT molecular complexity index is 435. The van der Waals surface area contributed by atoms with Gasteiger partial charge in [0.2, 0.25) is 5.91 Å². The molecule has 1 aromatic rings. The zero-order chi connectivity index (χ0) is 13.7. The molecule has 1 aliphatic rings. The van der Waals surface area contributed by atoms with Gasteiger partial charge in [0.25, 0.3) is 0 Å². The van der Waals surface area contributed by atoms with E-state index in [2.05, 4.69) is 5.32 Å². The molecule has 1 fully saturated rings. The number of rotatable bonds is 6. The molecule has 1 saturated carbocycles. The number of amides is 1. The number of aliphatic hydroxyl groups is 1. The topological polar surface area (TPSA) is 58.6 Å². The highest BCUT2D eigenvalue weighted by Crippen LogP contribution is 2.31. The van der Waals surface area contributed by atoms with Crippen LogP contribution in [0.1, 0.15) is 31.2 Å². The van der Waals surface area contributed by atoms with Crippen molar-refractivity contribution in [2.45, 2.75) is 37.6 Å². The van der Waals surface area contributed by atoms with Gasteiger partial charge in [-0.15, -0.1) is 0 Å². The first-order chi connectivity index (χ1) is 9.17. The van der Waals surface area contributed by atoms with Crippen molar-refractivity contribution in [3.63, 3.8) is 0 Å². The Morgan fingerprint density at radius 3 is 2.84 bits per heavy atom. The summed E-state index contributed by atoms with van der Waals surface area (Å²) >= 11 is 0. The average Bonchev–Trinajstić information content (AvgIpc) is 2.41. The first kappa shape index (κ1) is 13.9. The number of aliphatic hydroxyl groups excluding tert-OH is 1. The van der Waals surface area contributed by atoms with E-state index in [4.69, 9.17) is 4.74 Å². The molecule has 1 amide bonds. The van der Waals surface area contributed by atoms with Crippen molar-refractivity contribution in [1.82, 2.24) is 5.32 Å². The molecule has 0 radical (unpaired) electrons. The first-order valence-electron chi connectivity index (χ1n) is 6.72. The maximum atomic E-state index is 11.9. The second-order valence-corrected chi connectivity index (χ2v) is 5.19. The lowest BCUT2D eigenvalue weighted by Gasteiger charge is -2.41. The number of hydrogen-bond donors (Lipinski definition) is 2. The second kappa shape index (κ2) is 6.06. The van der Waals surface area contributed by atoms with Gasteiger partial charge in [-0.05, 0) is 43.4 Å². The van der Waals surface area contributed by atoms with Gasteiger partial charge in [-0.1, -0.05) is 12.1 Å². The van der Waals surface area contributed by atoms with E-state index in [1.165, 1.54) is 0 Å². The van der Waals surface area contributed by atoms with Gasteiger partial charge in [-0.2, -0.15) is 0 Å². The molecule has 0 aromatic heterocycles. The summed E-state index contributed by atoms with van der Waals surface area (Å²) in [6.07, 6.45) is 3.97. The lowest BCUT2D eigenvalue weighted by molar-refractivity contribution is -0.125. The van der Waals surface area contributed by atoms with Crippen molar-refractivity contribution in [1.29, 1.82) is 0 Å². The summed E-state index contributed by atoms with van der Waals surface area (Å²) in [5.74, 6) is 0.820. The standard InChI is InChI=1S/C15H21NO3/c1-19-13-5-2-4-12(10-13)6-7-14(18)16-15(11-17)8-3-9-15/h2,4-5,10,17H,3,6-9,11H2,1H3,(H,16,18). The zero-order valence-corrected chi connectivity index (χ0v) is 11.3. The quantitative estimate of drug-likeness (QED) is 0.820. The summed E-state index contributed by atoms with van der Waals surface area (Å²) in [7, 11) is 1.63. The van der Waals surface area contributed by atoms with E-state index in [-0.39, 0.29) is 18.1 Å². The van der Waals surface area contributed by atoms with Crippen LogP contribution in [0.2, 0.25) is 0 Å². The highest BCUT2D eigenvalue weighted by atomic mass is 16.5. The van der Waals surface area contributed by atoms with E-state index in [9.17, 15) is 9.90 Å². The van der Waals surface area contributed by atoms with Gasteiger partial charge in [0.1, 0.15) is 5.75 Å². The molecule has 0 aliphatic heterocycles. The first-order valence-corrected chi connectivity index (χ1v) is 6.72. The van der Waals surface area contributed by atoms with Crippen LogP contribution >= 0.6 is 0 Å². The van der Waals surface area contributed by atoms with Gasteiger partial charge < -0.3 is 15.2 Å². The fourth-order valence-corrected chi connectivity index (χ4v) is 2.37. The molecule has 19 heavy (non-hydrogen) atoms. The smallest absolute Gasteiger partial charge is 0.220 e. The Hall–Kier alpha value is -1.55. The van der Waals surface area contributed by atoms with Crippen LogP contribution in [0.15, 0.2) is 24.3 Å². The Labute approximate surface area is 113 Å². The summed E-state index contributed by atoms with van der Waals surface area (Å²) in [6, 6.07) is 7.74. The number of ether oxygens (including phenoxy) is 1. The molecule has 0 bridgehead atoms. The number of aryl methyl sites for hydroxylation is 1. The molecule has 2 N–H and O–H groups in total. The van der Waals surface area contributed by atoms with Crippen molar-refractivity contribution < 1.29 is 14.6 Å². The Kier molecular flexibility index (Phi) is 4.43. The highest BCUT2D eigenvalue weighted by molar-refractivity contribution is 5.77. The Morgan fingerprint density at radius 1 is 1.47 bits per heavy atom. The maximum Gasteiger partial charge on any atom is 0.220 e. The fourth-order valence-electron chi connectivity index (χ4n) is 2.37. The third-order valence-electron chi connectivity index (χ3n) is 3.79. The number of carbonyl (C=O) groups excluding carboxylic acids is 1. The van der Waals surface area contributed by atoms with Gasteiger partial charge in [-0.25, -0.2) is 0 Å². The van der Waals surface area contributed by atoms with Crippen molar-refractivity contribution in [2.75, 3.05) is 13.7 Å². The summed E-state index contributed by atoms with van der Waals surface area (Å²) < 4.78 is 5.15. The molecule has 1 aromatic carbocycles. The number of carbonyl (C=O) groups is 1. The Morgan fingerprint density at radius 2 is 2.26 bits per heavy atom. The number of benzene rings is 1. The van der Waals surface area contributed by atoms with Crippen molar-refractivity contribution >= 4 is 5.91 Å². The van der Waals surface area contributed by atoms with E-state index >= 15 is 0 Å². The van der Waals surface area contributed by atoms with E-state index in [0.29, 0.717) is 12.8 Å². The number of nitrogens with one attached hydrogen (secondary N) is 1. The van der Waals surface area contributed by atoms with Crippen LogP contribution in [0.25, 0.3) is 0 Å². The van der Waals surface area contributed by atoms with Gasteiger partial charge >= 0.3 is 0 Å². The van der Waals surface area contributed by atoms with E-state index in [1.54, 1.807) is 7.11 Å². The van der Waals surface area contributed by atoms with Gasteiger partial charge in [-0.3, -0.25) is 4.79 Å². The van der Waals surface area contributed by atoms with Gasteiger partial charge in [0.05, 0.1) is 19.3 Å². The molecular weight excluding hydrogens is 242 g/mol. The average molecular weight is 263 g/mol. The van der Waals surface area contributed by atoms with Crippen LogP contribution in [0, 0.1) is 0 Å². The predicted octanol–water partition coefficient (Wildman–Crippen LogP) is 1.66. The summed E-state index contributed by atoms with van der Waals surface area (Å²) in [5, 5.41) is 12.3. The summed E-state index contributed by atoms with van der Waals surface area (Å²) in [4.78, 5) is 11.9. The monoisotopic (exact) mass is 263 g/mol. The molecule has 0 unspecified atom stereocenters. The molecule has 0 spiro atoms. The van der Waals surface area contributed by atoms with Crippen LogP contribution < -0.4 is 10.1 Å². The van der Waals surface area contributed by atoms with Gasteiger partial charge in [0, 0.05) is 6.42 Å². The minimum atomic E-state index is -0.342.